The molecule has 2 unspecified atom stereocenters. The van der Waals surface area contributed by atoms with Gasteiger partial charge in [0.25, 0.3) is 5.91 Å². The lowest BCUT2D eigenvalue weighted by Gasteiger charge is -2.68. The number of fused-ring (bicyclic) bond motifs is 5. The normalized spacial score (nSPS) is 26.1. The lowest BCUT2D eigenvalue weighted by molar-refractivity contribution is -0.344. The summed E-state index contributed by atoms with van der Waals surface area (Å²) in [5.74, 6) is -5.16. The van der Waals surface area contributed by atoms with Gasteiger partial charge in [-0.05, 0) is 118 Å². The zero-order chi connectivity index (χ0) is 66.6. The van der Waals surface area contributed by atoms with Crippen LogP contribution in [0.3, 0.4) is 0 Å². The van der Waals surface area contributed by atoms with Crippen LogP contribution in [-0.4, -0.2) is 172 Å². The Morgan fingerprint density at radius 3 is 1.84 bits per heavy atom. The van der Waals surface area contributed by atoms with Crippen LogP contribution in [0.1, 0.15) is 134 Å². The zero-order valence-electron chi connectivity index (χ0n) is 56.1. The molecule has 7 rings (SSSR count). The number of esters is 3. The molecule has 2 bridgehead atoms. The molecule has 1 aliphatic heterocycles. The van der Waals surface area contributed by atoms with E-state index in [0.29, 0.717) is 68.7 Å². The fourth-order valence-corrected chi connectivity index (χ4v) is 17.6. The van der Waals surface area contributed by atoms with E-state index in [1.54, 1.807) is 113 Å². The zero-order valence-corrected chi connectivity index (χ0v) is 58.1. The number of nitrogens with one attached hydrogen (secondary N) is 3. The number of carbonyl (C=O) groups excluding carboxylic acids is 6. The highest BCUT2D eigenvalue weighted by Gasteiger charge is 2.79. The van der Waals surface area contributed by atoms with Crippen molar-refractivity contribution in [2.75, 3.05) is 66.4 Å². The van der Waals surface area contributed by atoms with Crippen molar-refractivity contribution in [1.82, 2.24) is 16.0 Å². The van der Waals surface area contributed by atoms with Crippen molar-refractivity contribution in [3.8, 4) is 0 Å². The number of alkyl carbamates (subject to hydrolysis) is 1. The summed E-state index contributed by atoms with van der Waals surface area (Å²) in [5, 5.41) is 23.3. The first kappa shape index (κ1) is 72.8. The molecule has 3 aromatic carbocycles. The van der Waals surface area contributed by atoms with Crippen LogP contribution in [0.2, 0.25) is 36.3 Å². The number of ketones is 1. The molecular formula is C69H101N3O17Si2. The predicted molar refractivity (Wildman–Crippen MR) is 348 cm³/mol. The van der Waals surface area contributed by atoms with Crippen LogP contribution >= 0.6 is 0 Å². The van der Waals surface area contributed by atoms with E-state index in [1.807, 2.05) is 47.0 Å². The predicted octanol–water partition coefficient (Wildman–Crippen LogP) is 10.0. The molecule has 502 valence electrons. The topological polar surface area (TPSA) is 251 Å². The summed E-state index contributed by atoms with van der Waals surface area (Å²) in [6.07, 6.45) is -8.74. The number of rotatable bonds is 31. The van der Waals surface area contributed by atoms with Crippen molar-refractivity contribution in [2.45, 2.75) is 192 Å². The minimum atomic E-state index is -3.00. The van der Waals surface area contributed by atoms with E-state index >= 15 is 14.4 Å². The van der Waals surface area contributed by atoms with E-state index in [2.05, 4.69) is 36.7 Å². The monoisotopic (exact) mass is 1300 g/mol. The molecule has 11 atom stereocenters. The molecule has 0 radical (unpaired) electrons. The lowest BCUT2D eigenvalue weighted by atomic mass is 9.44. The summed E-state index contributed by atoms with van der Waals surface area (Å²) in [4.78, 5) is 91.2. The van der Waals surface area contributed by atoms with Crippen LogP contribution in [0.15, 0.2) is 102 Å². The molecule has 1 heterocycles. The Kier molecular flexibility index (Phi) is 24.8. The molecule has 4 N–H and O–H groups in total. The van der Waals surface area contributed by atoms with Gasteiger partial charge in [0, 0.05) is 50.5 Å². The molecule has 0 aromatic heterocycles. The molecule has 3 aliphatic carbocycles. The van der Waals surface area contributed by atoms with E-state index in [4.69, 9.17) is 46.7 Å². The lowest BCUT2D eigenvalue weighted by Crippen LogP contribution is -2.82. The van der Waals surface area contributed by atoms with Gasteiger partial charge in [-0.25, -0.2) is 14.4 Å². The van der Waals surface area contributed by atoms with Crippen LogP contribution in [0, 0.1) is 16.7 Å². The number of hydrogen-bond acceptors (Lipinski definition) is 18. The summed E-state index contributed by atoms with van der Waals surface area (Å²) in [5.41, 5.74) is -6.44. The van der Waals surface area contributed by atoms with E-state index in [-0.39, 0.29) is 42.9 Å². The molecule has 2 saturated carbocycles. The van der Waals surface area contributed by atoms with Gasteiger partial charge in [0.05, 0.1) is 62.1 Å². The number of ether oxygens (including phenoxy) is 8. The van der Waals surface area contributed by atoms with Crippen LogP contribution in [0.25, 0.3) is 0 Å². The van der Waals surface area contributed by atoms with Gasteiger partial charge in [-0.15, -0.1) is 0 Å². The maximum atomic E-state index is 17.1. The third-order valence-corrected chi connectivity index (χ3v) is 29.2. The SMILES string of the molecule is CC[Si](CC)(CC)O[C@H]1CC2OC[C@@]2(OC(C)=O)[C@H]2[C@H](OC(=O)c3ccccc3)[C@]3(O)C[C@H](OC(=O)[C@H](O[Si](C)(C)C(C)(C)C)[C@@H](NC(=O)c4ccccc4)c4ccccc4)C(C)=C([C@@H](OC(=O)NCCCOCCOCCOCCCNC)C(=O)C12C)C3(C)C. The number of carbonyl (C=O) groups is 6. The van der Waals surface area contributed by atoms with Gasteiger partial charge in [0.1, 0.15) is 23.9 Å². The molecule has 91 heavy (non-hydrogen) atoms. The van der Waals surface area contributed by atoms with E-state index in [0.717, 1.165) is 13.0 Å². The van der Waals surface area contributed by atoms with Crippen molar-refractivity contribution in [2.24, 2.45) is 16.7 Å². The number of benzene rings is 3. The van der Waals surface area contributed by atoms with E-state index in [9.17, 15) is 19.5 Å². The minimum Gasteiger partial charge on any atom is -0.456 e. The summed E-state index contributed by atoms with van der Waals surface area (Å²) in [6.45, 7) is 27.3. The standard InChI is InChI=1S/C69H101N3O17Si2/c1-15-91(16-2,17-3)88-52-43-53-68(45-83-53,87-47(5)73)58-60(86-62(76)50-33-25-20-26-34-50)69(79)44-51(84-63(77)57(89-90(13,14)65(6,7)8)55(48-29-21-18-22-30-48)72-61(75)49-31-23-19-24-32-49)46(4)54(66(69,9)10)56(59(74)67(52,58)11)85-64(78)71-36-28-38-81-40-42-82-41-39-80-37-27-35-70-12/h18-26,29-34,51-53,55-58,60,70,79H,15-17,27-28,35-45H2,1-14H3,(H,71,78)(H,72,75)/t51-,52-,53?,55-,56+,57+,58-,60-,67?,68-,69+/m0/s1. The maximum Gasteiger partial charge on any atom is 0.408 e. The van der Waals surface area contributed by atoms with Gasteiger partial charge < -0.3 is 67.8 Å². The highest BCUT2D eigenvalue weighted by molar-refractivity contribution is 6.74. The summed E-state index contributed by atoms with van der Waals surface area (Å²) in [6, 6.07) is 26.6. The minimum absolute atomic E-state index is 0.0495. The van der Waals surface area contributed by atoms with Crippen molar-refractivity contribution in [3.05, 3.63) is 119 Å². The third kappa shape index (κ3) is 15.9. The molecular weight excluding hydrogens is 1200 g/mol. The number of aliphatic hydroxyl groups is 1. The summed E-state index contributed by atoms with van der Waals surface area (Å²) < 4.78 is 65.0. The van der Waals surface area contributed by atoms with E-state index < -0.39 is 134 Å². The van der Waals surface area contributed by atoms with Crippen LogP contribution in [0.4, 0.5) is 4.79 Å². The Morgan fingerprint density at radius 1 is 0.758 bits per heavy atom. The first-order chi connectivity index (χ1) is 43.1. The third-order valence-electron chi connectivity index (χ3n) is 20.1. The Balaban J connectivity index is 1.38. The molecule has 3 fully saturated rings. The second-order valence-electron chi connectivity index (χ2n) is 26.9. The second kappa shape index (κ2) is 31.1. The molecule has 1 saturated heterocycles. The smallest absolute Gasteiger partial charge is 0.408 e. The molecule has 4 aliphatic rings. The van der Waals surface area contributed by atoms with Crippen molar-refractivity contribution in [1.29, 1.82) is 0 Å². The first-order valence-electron chi connectivity index (χ1n) is 32.5. The Bertz CT molecular complexity index is 2970. The molecule has 3 aromatic rings. The van der Waals surface area contributed by atoms with Crippen molar-refractivity contribution >= 4 is 52.3 Å². The van der Waals surface area contributed by atoms with Gasteiger partial charge in [-0.3, -0.25) is 14.4 Å². The molecule has 0 spiro atoms. The quantitative estimate of drug-likeness (QED) is 0.0154. The Morgan fingerprint density at radius 2 is 1.31 bits per heavy atom. The van der Waals surface area contributed by atoms with Crippen molar-refractivity contribution < 1.29 is 80.6 Å². The largest absolute Gasteiger partial charge is 0.456 e. The maximum absolute atomic E-state index is 17.1. The van der Waals surface area contributed by atoms with Gasteiger partial charge in [0.15, 0.2) is 40.2 Å². The fourth-order valence-electron chi connectivity index (χ4n) is 13.5. The summed E-state index contributed by atoms with van der Waals surface area (Å²) >= 11 is 0. The van der Waals surface area contributed by atoms with Gasteiger partial charge in [-0.2, -0.15) is 0 Å². The fraction of sp³-hybridized carbons (Fsp3) is 0.623. The first-order valence-corrected chi connectivity index (χ1v) is 37.9. The van der Waals surface area contributed by atoms with Crippen LogP contribution < -0.4 is 16.0 Å². The number of amides is 2. The van der Waals surface area contributed by atoms with Crippen molar-refractivity contribution in [3.63, 3.8) is 0 Å². The average molecular weight is 1300 g/mol. The summed E-state index contributed by atoms with van der Waals surface area (Å²) in [7, 11) is -3.84. The van der Waals surface area contributed by atoms with Crippen LogP contribution in [0.5, 0.6) is 0 Å². The molecule has 22 heteroatoms. The average Bonchev–Trinajstić information content (AvgIpc) is 0.670. The van der Waals surface area contributed by atoms with Gasteiger partial charge in [0.2, 0.25) is 0 Å². The highest BCUT2D eigenvalue weighted by Crippen LogP contribution is 2.65. The Labute approximate surface area is 540 Å². The van der Waals surface area contributed by atoms with Gasteiger partial charge >= 0.3 is 24.0 Å². The highest BCUT2D eigenvalue weighted by atomic mass is 28.4. The van der Waals surface area contributed by atoms with Gasteiger partial charge in [-0.1, -0.05) is 122 Å². The second-order valence-corrected chi connectivity index (χ2v) is 36.4. The molecule has 2 amide bonds. The Hall–Kier alpha value is -5.67. The van der Waals surface area contributed by atoms with Crippen LogP contribution in [-0.2, 0) is 61.1 Å². The molecule has 20 nitrogen and oxygen atoms in total. The number of hydrogen-bond donors (Lipinski definition) is 4. The van der Waals surface area contributed by atoms with E-state index in [1.165, 1.54) is 6.92 Å². The number of Topliss-reactive ketones (excluding diaryl/α,β-unsaturated/α-hetero) is 1.